The molecule has 1 unspecified atom stereocenters. The number of benzene rings is 3. The van der Waals surface area contributed by atoms with E-state index in [0.717, 1.165) is 26.7 Å². The van der Waals surface area contributed by atoms with Gasteiger partial charge in [0.25, 0.3) is 5.91 Å². The fourth-order valence-corrected chi connectivity index (χ4v) is 5.14. The summed E-state index contributed by atoms with van der Waals surface area (Å²) in [5.41, 5.74) is 3.51. The Kier molecular flexibility index (Phi) is 7.19. The van der Waals surface area contributed by atoms with Gasteiger partial charge in [0, 0.05) is 5.75 Å². The highest BCUT2D eigenvalue weighted by atomic mass is 32.2. The Balaban J connectivity index is 1.25. The Bertz CT molecular complexity index is 1170. The standard InChI is InChI=1S/C25H22N2O3S2/c1-17(19-7-3-2-4-8-19)26-23(28)15-30-24(29)20-13-11-18(12-14-20)16-31-25-27-21-9-5-6-10-22(21)32-25/h2-14,17H,15-16H2,1H3,(H,26,28). The number of carbonyl (C=O) groups excluding carboxylic acids is 2. The molecule has 0 bridgehead atoms. The highest BCUT2D eigenvalue weighted by molar-refractivity contribution is 8.00. The molecule has 1 amide bonds. The van der Waals surface area contributed by atoms with Crippen LogP contribution in [-0.4, -0.2) is 23.5 Å². The lowest BCUT2D eigenvalue weighted by molar-refractivity contribution is -0.124. The third-order valence-corrected chi connectivity index (χ3v) is 7.09. The number of carbonyl (C=O) groups is 2. The van der Waals surface area contributed by atoms with E-state index in [0.29, 0.717) is 5.56 Å². The highest BCUT2D eigenvalue weighted by Gasteiger charge is 2.13. The summed E-state index contributed by atoms with van der Waals surface area (Å²) >= 11 is 3.35. The summed E-state index contributed by atoms with van der Waals surface area (Å²) in [6.07, 6.45) is 0. The number of amides is 1. The van der Waals surface area contributed by atoms with E-state index in [-0.39, 0.29) is 18.6 Å². The maximum Gasteiger partial charge on any atom is 0.338 e. The molecule has 0 fully saturated rings. The quantitative estimate of drug-likeness (QED) is 0.272. The number of hydrogen-bond donors (Lipinski definition) is 1. The number of para-hydroxylation sites is 1. The van der Waals surface area contributed by atoms with Crippen LogP contribution in [0.4, 0.5) is 0 Å². The summed E-state index contributed by atoms with van der Waals surface area (Å²) in [6.45, 7) is 1.57. The number of nitrogens with one attached hydrogen (secondary N) is 1. The van der Waals surface area contributed by atoms with Gasteiger partial charge in [-0.1, -0.05) is 66.4 Å². The molecule has 0 aliphatic heterocycles. The molecular formula is C25H22N2O3S2. The van der Waals surface area contributed by atoms with E-state index in [1.807, 2.05) is 67.6 Å². The van der Waals surface area contributed by atoms with Gasteiger partial charge >= 0.3 is 5.97 Å². The average molecular weight is 463 g/mol. The van der Waals surface area contributed by atoms with Crippen LogP contribution in [0.5, 0.6) is 0 Å². The Morgan fingerprint density at radius 3 is 2.47 bits per heavy atom. The van der Waals surface area contributed by atoms with Crippen molar-refractivity contribution in [3.05, 3.63) is 95.6 Å². The Labute approximate surface area is 194 Å². The fraction of sp³-hybridized carbons (Fsp3) is 0.160. The number of fused-ring (bicyclic) bond motifs is 1. The van der Waals surface area contributed by atoms with E-state index in [4.69, 9.17) is 4.74 Å². The summed E-state index contributed by atoms with van der Waals surface area (Å²) in [6, 6.07) is 24.8. The molecule has 162 valence electrons. The van der Waals surface area contributed by atoms with Gasteiger partial charge in [0.15, 0.2) is 10.9 Å². The summed E-state index contributed by atoms with van der Waals surface area (Å²) < 4.78 is 7.36. The summed E-state index contributed by atoms with van der Waals surface area (Å²) in [4.78, 5) is 29.0. The molecule has 7 heteroatoms. The van der Waals surface area contributed by atoms with Crippen molar-refractivity contribution >= 4 is 45.2 Å². The van der Waals surface area contributed by atoms with Crippen molar-refractivity contribution in [1.29, 1.82) is 0 Å². The van der Waals surface area contributed by atoms with Gasteiger partial charge in [-0.05, 0) is 42.3 Å². The van der Waals surface area contributed by atoms with Crippen molar-refractivity contribution in [2.75, 3.05) is 6.61 Å². The molecular weight excluding hydrogens is 440 g/mol. The van der Waals surface area contributed by atoms with Gasteiger partial charge in [0.05, 0.1) is 21.8 Å². The van der Waals surface area contributed by atoms with Crippen molar-refractivity contribution < 1.29 is 14.3 Å². The summed E-state index contributed by atoms with van der Waals surface area (Å²) in [5.74, 6) is -0.0917. The molecule has 4 rings (SSSR count). The summed E-state index contributed by atoms with van der Waals surface area (Å²) in [5, 5.41) is 2.83. The number of esters is 1. The minimum Gasteiger partial charge on any atom is -0.452 e. The van der Waals surface area contributed by atoms with E-state index < -0.39 is 5.97 Å². The first kappa shape index (κ1) is 22.0. The highest BCUT2D eigenvalue weighted by Crippen LogP contribution is 2.31. The van der Waals surface area contributed by atoms with Crippen LogP contribution >= 0.6 is 23.1 Å². The normalized spacial score (nSPS) is 11.8. The first-order valence-electron chi connectivity index (χ1n) is 10.2. The zero-order valence-corrected chi connectivity index (χ0v) is 19.1. The number of aromatic nitrogens is 1. The van der Waals surface area contributed by atoms with Gasteiger partial charge in [0.1, 0.15) is 0 Å². The van der Waals surface area contributed by atoms with Crippen LogP contribution in [0.25, 0.3) is 10.2 Å². The van der Waals surface area contributed by atoms with Crippen molar-refractivity contribution in [3.8, 4) is 0 Å². The van der Waals surface area contributed by atoms with E-state index in [1.54, 1.807) is 35.2 Å². The molecule has 0 saturated carbocycles. The lowest BCUT2D eigenvalue weighted by atomic mass is 10.1. The first-order valence-corrected chi connectivity index (χ1v) is 12.0. The van der Waals surface area contributed by atoms with E-state index in [1.165, 1.54) is 4.70 Å². The van der Waals surface area contributed by atoms with Crippen molar-refractivity contribution in [2.45, 2.75) is 23.1 Å². The predicted octanol–water partition coefficient (Wildman–Crippen LogP) is 5.62. The van der Waals surface area contributed by atoms with E-state index in [9.17, 15) is 9.59 Å². The third-order valence-electron chi connectivity index (χ3n) is 4.84. The molecule has 0 radical (unpaired) electrons. The van der Waals surface area contributed by atoms with Gasteiger partial charge in [-0.15, -0.1) is 11.3 Å². The van der Waals surface area contributed by atoms with Crippen LogP contribution < -0.4 is 5.32 Å². The molecule has 32 heavy (non-hydrogen) atoms. The van der Waals surface area contributed by atoms with Gasteiger partial charge in [-0.25, -0.2) is 9.78 Å². The minimum atomic E-state index is -0.516. The topological polar surface area (TPSA) is 68.3 Å². The molecule has 1 heterocycles. The van der Waals surface area contributed by atoms with Crippen LogP contribution in [0.15, 0.2) is 83.2 Å². The minimum absolute atomic E-state index is 0.158. The number of hydrogen-bond acceptors (Lipinski definition) is 6. The molecule has 0 aliphatic carbocycles. The maximum absolute atomic E-state index is 12.3. The van der Waals surface area contributed by atoms with Crippen molar-refractivity contribution in [2.24, 2.45) is 0 Å². The second-order valence-corrected chi connectivity index (χ2v) is 9.46. The zero-order chi connectivity index (χ0) is 22.3. The first-order chi connectivity index (χ1) is 15.6. The smallest absolute Gasteiger partial charge is 0.338 e. The van der Waals surface area contributed by atoms with Crippen LogP contribution in [0.2, 0.25) is 0 Å². The Morgan fingerprint density at radius 1 is 1.00 bits per heavy atom. The van der Waals surface area contributed by atoms with Crippen molar-refractivity contribution in [3.63, 3.8) is 0 Å². The largest absolute Gasteiger partial charge is 0.452 e. The average Bonchev–Trinajstić information content (AvgIpc) is 3.25. The van der Waals surface area contributed by atoms with Crippen LogP contribution in [0, 0.1) is 0 Å². The van der Waals surface area contributed by atoms with Crippen molar-refractivity contribution in [1.82, 2.24) is 10.3 Å². The van der Waals surface area contributed by atoms with Gasteiger partial charge in [-0.3, -0.25) is 4.79 Å². The predicted molar refractivity (Wildman–Crippen MR) is 129 cm³/mol. The van der Waals surface area contributed by atoms with Gasteiger partial charge < -0.3 is 10.1 Å². The molecule has 0 spiro atoms. The SMILES string of the molecule is CC(NC(=O)COC(=O)c1ccc(CSc2nc3ccccc3s2)cc1)c1ccccc1. The number of nitrogens with zero attached hydrogens (tertiary/aromatic N) is 1. The molecule has 0 saturated heterocycles. The second-order valence-electron chi connectivity index (χ2n) is 7.21. The van der Waals surface area contributed by atoms with Crippen LogP contribution in [-0.2, 0) is 15.3 Å². The number of ether oxygens (including phenoxy) is 1. The van der Waals surface area contributed by atoms with E-state index >= 15 is 0 Å². The summed E-state index contributed by atoms with van der Waals surface area (Å²) in [7, 11) is 0. The lowest BCUT2D eigenvalue weighted by Crippen LogP contribution is -2.31. The second kappa shape index (κ2) is 10.4. The molecule has 1 atom stereocenters. The van der Waals surface area contributed by atoms with E-state index in [2.05, 4.69) is 16.4 Å². The molecule has 1 N–H and O–H groups in total. The van der Waals surface area contributed by atoms with Gasteiger partial charge in [-0.2, -0.15) is 0 Å². The van der Waals surface area contributed by atoms with Gasteiger partial charge in [0.2, 0.25) is 0 Å². The lowest BCUT2D eigenvalue weighted by Gasteiger charge is -2.14. The van der Waals surface area contributed by atoms with Crippen LogP contribution in [0.3, 0.4) is 0 Å². The molecule has 3 aromatic carbocycles. The monoisotopic (exact) mass is 462 g/mol. The molecule has 4 aromatic rings. The number of rotatable bonds is 8. The fourth-order valence-electron chi connectivity index (χ4n) is 3.12. The maximum atomic E-state index is 12.3. The molecule has 5 nitrogen and oxygen atoms in total. The zero-order valence-electron chi connectivity index (χ0n) is 17.5. The Hall–Kier alpha value is -3.16. The number of thiazole rings is 1. The number of thioether (sulfide) groups is 1. The van der Waals surface area contributed by atoms with Crippen LogP contribution in [0.1, 0.15) is 34.5 Å². The molecule has 1 aromatic heterocycles. The molecule has 0 aliphatic rings. The third kappa shape index (κ3) is 5.75. The Morgan fingerprint density at radius 2 is 1.72 bits per heavy atom.